The van der Waals surface area contributed by atoms with Gasteiger partial charge in [-0.05, 0) is 170 Å². The lowest BCUT2D eigenvalue weighted by molar-refractivity contribution is 1.25. The maximum atomic E-state index is 4.67. The fraction of sp³-hybridized carbons (Fsp3) is 0. The molecule has 64 heavy (non-hydrogen) atoms. The molecule has 0 saturated heterocycles. The zero-order valence-electron chi connectivity index (χ0n) is 34.6. The quantitative estimate of drug-likeness (QED) is 0.101. The van der Waals surface area contributed by atoms with Gasteiger partial charge < -0.3 is 9.80 Å². The molecule has 0 N–H and O–H groups in total. The summed E-state index contributed by atoms with van der Waals surface area (Å²) in [5.74, 6) is 0. The first-order valence-electron chi connectivity index (χ1n) is 20.6. The van der Waals surface area contributed by atoms with Crippen molar-refractivity contribution in [1.29, 1.82) is 0 Å². The number of anilines is 6. The largest absolute Gasteiger partial charge is 0.310 e. The third-order valence-electron chi connectivity index (χ3n) is 9.93. The molecular weight excluding hydrogens is 789 g/mol. The molecule has 10 heteroatoms. The van der Waals surface area contributed by atoms with E-state index in [9.17, 15) is 0 Å². The highest BCUT2D eigenvalue weighted by atomic mass is 15.2. The number of hydrogen-bond donors (Lipinski definition) is 0. The topological polar surface area (TPSA) is 107 Å². The number of aromatic nitrogens is 4. The lowest BCUT2D eigenvalue weighted by atomic mass is 10.1. The van der Waals surface area contributed by atoms with Gasteiger partial charge in [0.15, 0.2) is 0 Å². The number of nitrogens with zero attached hydrogens (tertiary/aromatic N) is 10. The molecule has 0 saturated carbocycles. The second-order valence-electron chi connectivity index (χ2n) is 14.3. The van der Waals surface area contributed by atoms with E-state index in [0.29, 0.717) is 0 Å². The summed E-state index contributed by atoms with van der Waals surface area (Å²) in [5, 5.41) is 0. The van der Waals surface area contributed by atoms with Crippen LogP contribution in [0.5, 0.6) is 0 Å². The van der Waals surface area contributed by atoms with Crippen LogP contribution < -0.4 is 9.80 Å². The number of benzene rings is 5. The molecule has 5 aromatic carbocycles. The molecule has 0 fully saturated rings. The SMILES string of the molecule is C(=Nc1ccc(N(c2ccc(N=Cc3ccccn3)cc2)c2ccc(N(c3ccc(N=Cc4ccccn4)cc3)c3ccc(N=Cc4ccccn4)cc3)cc2)cc1)c1ccccn1. The first-order valence-corrected chi connectivity index (χ1v) is 20.6. The highest BCUT2D eigenvalue weighted by Gasteiger charge is 2.17. The molecule has 4 aromatic heterocycles. The lowest BCUT2D eigenvalue weighted by Crippen LogP contribution is -2.12. The summed E-state index contributed by atoms with van der Waals surface area (Å²) in [6, 6.07) is 64.3. The molecule has 0 bridgehead atoms. The fourth-order valence-electron chi connectivity index (χ4n) is 6.77. The van der Waals surface area contributed by atoms with Crippen LogP contribution in [-0.2, 0) is 0 Å². The smallest absolute Gasteiger partial charge is 0.0812 e. The van der Waals surface area contributed by atoms with Crippen molar-refractivity contribution in [2.45, 2.75) is 0 Å². The van der Waals surface area contributed by atoms with E-state index >= 15 is 0 Å². The normalized spacial score (nSPS) is 11.5. The molecule has 10 nitrogen and oxygen atoms in total. The fourth-order valence-corrected chi connectivity index (χ4v) is 6.77. The molecule has 0 unspecified atom stereocenters. The minimum atomic E-state index is 0.795. The Hall–Kier alpha value is -9.02. The summed E-state index contributed by atoms with van der Waals surface area (Å²) in [5.41, 5.74) is 12.3. The van der Waals surface area contributed by atoms with E-state index in [1.165, 1.54) is 0 Å². The highest BCUT2D eigenvalue weighted by molar-refractivity contribution is 5.85. The lowest BCUT2D eigenvalue weighted by Gasteiger charge is -2.28. The van der Waals surface area contributed by atoms with Gasteiger partial charge in [-0.15, -0.1) is 0 Å². The molecule has 0 radical (unpaired) electrons. The van der Waals surface area contributed by atoms with Gasteiger partial charge in [-0.2, -0.15) is 0 Å². The number of pyridine rings is 4. The van der Waals surface area contributed by atoms with Crippen LogP contribution in [0.3, 0.4) is 0 Å². The summed E-state index contributed by atoms with van der Waals surface area (Å²) < 4.78 is 0. The molecule has 0 aliphatic heterocycles. The molecule has 0 amide bonds. The van der Waals surface area contributed by atoms with Crippen molar-refractivity contribution >= 4 is 81.7 Å². The van der Waals surface area contributed by atoms with Crippen LogP contribution in [0.2, 0.25) is 0 Å². The van der Waals surface area contributed by atoms with E-state index in [4.69, 9.17) is 0 Å². The predicted molar refractivity (Wildman–Crippen MR) is 262 cm³/mol. The Labute approximate surface area is 371 Å². The molecule has 0 aliphatic carbocycles. The minimum Gasteiger partial charge on any atom is -0.310 e. The Morgan fingerprint density at radius 2 is 0.453 bits per heavy atom. The van der Waals surface area contributed by atoms with E-state index in [0.717, 1.165) is 79.6 Å². The zero-order chi connectivity index (χ0) is 43.2. The van der Waals surface area contributed by atoms with Crippen LogP contribution >= 0.6 is 0 Å². The monoisotopic (exact) mass is 828 g/mol. The van der Waals surface area contributed by atoms with Crippen molar-refractivity contribution < 1.29 is 0 Å². The number of hydrogen-bond acceptors (Lipinski definition) is 10. The van der Waals surface area contributed by atoms with Crippen LogP contribution in [0.4, 0.5) is 56.9 Å². The summed E-state index contributed by atoms with van der Waals surface area (Å²) in [4.78, 5) is 40.6. The van der Waals surface area contributed by atoms with E-state index in [1.54, 1.807) is 49.6 Å². The average Bonchev–Trinajstić information content (AvgIpc) is 3.37. The Bertz CT molecular complexity index is 2580. The molecule has 0 atom stereocenters. The third-order valence-corrected chi connectivity index (χ3v) is 9.93. The van der Waals surface area contributed by atoms with Crippen LogP contribution in [0, 0.1) is 0 Å². The standard InChI is InChI=1S/C54H40N10/c1-5-33-55-45(9-1)37-59-41-13-21-49(22-14-41)63(50-23-15-42(16-24-50)60-38-46-10-2-6-34-56-46)53-29-31-54(32-30-53)64(51-25-17-43(18-26-51)61-39-47-11-3-7-35-57-47)52-27-19-44(20-28-52)62-40-48-12-4-8-36-58-48/h1-40H. The van der Waals surface area contributed by atoms with Gasteiger partial charge in [-0.1, -0.05) is 24.3 Å². The van der Waals surface area contributed by atoms with Crippen molar-refractivity contribution in [3.05, 3.63) is 242 Å². The molecule has 306 valence electrons. The van der Waals surface area contributed by atoms with Crippen molar-refractivity contribution in [3.8, 4) is 0 Å². The Morgan fingerprint density at radius 1 is 0.250 bits per heavy atom. The van der Waals surface area contributed by atoms with Crippen LogP contribution in [-0.4, -0.2) is 44.8 Å². The molecule has 0 spiro atoms. The van der Waals surface area contributed by atoms with Gasteiger partial charge in [-0.3, -0.25) is 39.9 Å². The van der Waals surface area contributed by atoms with Gasteiger partial charge in [0.25, 0.3) is 0 Å². The van der Waals surface area contributed by atoms with Crippen molar-refractivity contribution in [1.82, 2.24) is 19.9 Å². The van der Waals surface area contributed by atoms with Crippen LogP contribution in [0.1, 0.15) is 22.8 Å². The molecule has 9 rings (SSSR count). The van der Waals surface area contributed by atoms with Crippen molar-refractivity contribution in [2.75, 3.05) is 9.80 Å². The maximum absolute atomic E-state index is 4.67. The molecule has 4 heterocycles. The van der Waals surface area contributed by atoms with Gasteiger partial charge in [0.05, 0.1) is 70.4 Å². The summed E-state index contributed by atoms with van der Waals surface area (Å²) in [6.07, 6.45) is 14.1. The summed E-state index contributed by atoms with van der Waals surface area (Å²) in [7, 11) is 0. The van der Waals surface area contributed by atoms with E-state index in [2.05, 4.69) is 123 Å². The molecular formula is C54H40N10. The van der Waals surface area contributed by atoms with Gasteiger partial charge in [0, 0.05) is 58.9 Å². The molecule has 0 aliphatic rings. The third kappa shape index (κ3) is 10.5. The van der Waals surface area contributed by atoms with Crippen LogP contribution in [0.15, 0.2) is 239 Å². The predicted octanol–water partition coefficient (Wildman–Crippen LogP) is 13.2. The van der Waals surface area contributed by atoms with E-state index in [1.807, 2.05) is 121 Å². The van der Waals surface area contributed by atoms with Crippen molar-refractivity contribution in [2.24, 2.45) is 20.0 Å². The van der Waals surface area contributed by atoms with Gasteiger partial charge >= 0.3 is 0 Å². The number of rotatable bonds is 14. The first-order chi connectivity index (χ1) is 31.7. The minimum absolute atomic E-state index is 0.795. The maximum Gasteiger partial charge on any atom is 0.0812 e. The Morgan fingerprint density at radius 3 is 0.641 bits per heavy atom. The van der Waals surface area contributed by atoms with Gasteiger partial charge in [0.1, 0.15) is 0 Å². The molecule has 9 aromatic rings. The van der Waals surface area contributed by atoms with Gasteiger partial charge in [-0.25, -0.2) is 0 Å². The Balaban J connectivity index is 1.04. The van der Waals surface area contributed by atoms with Crippen molar-refractivity contribution in [3.63, 3.8) is 0 Å². The summed E-state index contributed by atoms with van der Waals surface area (Å²) in [6.45, 7) is 0. The summed E-state index contributed by atoms with van der Waals surface area (Å²) >= 11 is 0. The zero-order valence-corrected chi connectivity index (χ0v) is 34.6. The van der Waals surface area contributed by atoms with E-state index in [-0.39, 0.29) is 0 Å². The van der Waals surface area contributed by atoms with E-state index < -0.39 is 0 Å². The Kier molecular flexibility index (Phi) is 12.6. The number of aliphatic imine (C=N–C) groups is 4. The average molecular weight is 829 g/mol. The highest BCUT2D eigenvalue weighted by Crippen LogP contribution is 2.40. The second-order valence-corrected chi connectivity index (χ2v) is 14.3. The first kappa shape index (κ1) is 40.4. The van der Waals surface area contributed by atoms with Gasteiger partial charge in [0.2, 0.25) is 0 Å². The second kappa shape index (κ2) is 20.0. The van der Waals surface area contributed by atoms with Crippen LogP contribution in [0.25, 0.3) is 0 Å².